The lowest BCUT2D eigenvalue weighted by Gasteiger charge is -2.11. The topological polar surface area (TPSA) is 54.0 Å². The highest BCUT2D eigenvalue weighted by molar-refractivity contribution is 5.82. The molecule has 1 aliphatic heterocycles. The van der Waals surface area contributed by atoms with E-state index in [1.165, 1.54) is 5.56 Å². The van der Waals surface area contributed by atoms with Crippen LogP contribution in [0.3, 0.4) is 0 Å². The first-order chi connectivity index (χ1) is 10.7. The average molecular weight is 295 g/mol. The van der Waals surface area contributed by atoms with Gasteiger partial charge in [-0.15, -0.1) is 0 Å². The molecule has 1 saturated heterocycles. The molecule has 0 bridgehead atoms. The van der Waals surface area contributed by atoms with Gasteiger partial charge in [-0.2, -0.15) is 0 Å². The summed E-state index contributed by atoms with van der Waals surface area (Å²) in [6, 6.07) is 12.3. The molecule has 1 aromatic carbocycles. The number of amides is 1. The predicted octanol–water partition coefficient (Wildman–Crippen LogP) is 2.43. The third-order valence-corrected chi connectivity index (χ3v) is 4.02. The number of benzene rings is 1. The highest BCUT2D eigenvalue weighted by Gasteiger charge is 2.21. The minimum Gasteiger partial charge on any atom is -0.351 e. The van der Waals surface area contributed by atoms with Crippen molar-refractivity contribution in [3.05, 3.63) is 53.7 Å². The van der Waals surface area contributed by atoms with E-state index in [0.717, 1.165) is 36.2 Å². The van der Waals surface area contributed by atoms with E-state index in [9.17, 15) is 4.79 Å². The van der Waals surface area contributed by atoms with Crippen LogP contribution in [0.2, 0.25) is 0 Å². The van der Waals surface area contributed by atoms with E-state index in [2.05, 4.69) is 46.8 Å². The van der Waals surface area contributed by atoms with Gasteiger partial charge >= 0.3 is 0 Å². The summed E-state index contributed by atoms with van der Waals surface area (Å²) in [5.41, 5.74) is 4.33. The molecule has 1 fully saturated rings. The second kappa shape index (κ2) is 6.71. The van der Waals surface area contributed by atoms with Gasteiger partial charge in [-0.25, -0.2) is 0 Å². The van der Waals surface area contributed by atoms with E-state index in [4.69, 9.17) is 0 Å². The number of carbonyl (C=O) groups excluding carboxylic acids is 1. The summed E-state index contributed by atoms with van der Waals surface area (Å²) in [6.07, 6.45) is 3.80. The molecule has 3 rings (SSSR count). The summed E-state index contributed by atoms with van der Waals surface area (Å²) in [4.78, 5) is 16.4. The Morgan fingerprint density at radius 1 is 1.32 bits per heavy atom. The zero-order chi connectivity index (χ0) is 15.4. The molecule has 22 heavy (non-hydrogen) atoms. The Morgan fingerprint density at radius 2 is 2.14 bits per heavy atom. The van der Waals surface area contributed by atoms with Crippen molar-refractivity contribution in [1.82, 2.24) is 15.6 Å². The van der Waals surface area contributed by atoms with Gasteiger partial charge in [0.05, 0.1) is 11.7 Å². The molecule has 0 aliphatic carbocycles. The summed E-state index contributed by atoms with van der Waals surface area (Å²) >= 11 is 0. The van der Waals surface area contributed by atoms with Crippen molar-refractivity contribution in [3.8, 4) is 11.3 Å². The molecule has 0 saturated carbocycles. The lowest BCUT2D eigenvalue weighted by atomic mass is 10.1. The van der Waals surface area contributed by atoms with Gasteiger partial charge in [0.25, 0.3) is 0 Å². The number of aryl methyl sites for hydroxylation is 1. The van der Waals surface area contributed by atoms with Gasteiger partial charge in [-0.3, -0.25) is 9.78 Å². The van der Waals surface area contributed by atoms with Crippen LogP contribution in [0.4, 0.5) is 0 Å². The van der Waals surface area contributed by atoms with Gasteiger partial charge < -0.3 is 10.6 Å². The van der Waals surface area contributed by atoms with Crippen LogP contribution in [0.25, 0.3) is 11.3 Å². The first-order valence-corrected chi connectivity index (χ1v) is 7.75. The monoisotopic (exact) mass is 295 g/mol. The largest absolute Gasteiger partial charge is 0.351 e. The zero-order valence-electron chi connectivity index (χ0n) is 12.8. The molecular weight excluding hydrogens is 274 g/mol. The second-order valence-corrected chi connectivity index (χ2v) is 5.78. The van der Waals surface area contributed by atoms with Crippen molar-refractivity contribution < 1.29 is 4.79 Å². The molecule has 1 atom stereocenters. The van der Waals surface area contributed by atoms with Crippen LogP contribution in [0.1, 0.15) is 24.0 Å². The second-order valence-electron chi connectivity index (χ2n) is 5.78. The molecule has 114 valence electrons. The lowest BCUT2D eigenvalue weighted by molar-refractivity contribution is -0.122. The smallest absolute Gasteiger partial charge is 0.237 e. The fourth-order valence-corrected chi connectivity index (χ4v) is 2.69. The number of carbonyl (C=O) groups is 1. The van der Waals surface area contributed by atoms with E-state index in [0.29, 0.717) is 6.54 Å². The number of hydrogen-bond donors (Lipinski definition) is 2. The standard InChI is InChI=1S/C18H21N3O/c1-13-4-6-15(7-5-13)17-11-14(8-10-20-17)12-21-18(22)16-3-2-9-19-16/h4-8,10-11,16,19H,2-3,9,12H2,1H3,(H,21,22). The molecule has 0 spiro atoms. The van der Waals surface area contributed by atoms with Crippen LogP contribution in [-0.4, -0.2) is 23.5 Å². The molecule has 2 N–H and O–H groups in total. The number of rotatable bonds is 4. The van der Waals surface area contributed by atoms with Gasteiger partial charge in [-0.05, 0) is 44.0 Å². The normalized spacial score (nSPS) is 17.4. The summed E-state index contributed by atoms with van der Waals surface area (Å²) in [6.45, 7) is 3.55. The number of nitrogens with zero attached hydrogens (tertiary/aromatic N) is 1. The maximum absolute atomic E-state index is 12.0. The van der Waals surface area contributed by atoms with Gasteiger partial charge in [0, 0.05) is 18.3 Å². The van der Waals surface area contributed by atoms with Crippen molar-refractivity contribution in [1.29, 1.82) is 0 Å². The number of pyridine rings is 1. The Labute approximate surface area is 131 Å². The van der Waals surface area contributed by atoms with Crippen LogP contribution < -0.4 is 10.6 Å². The number of aromatic nitrogens is 1. The van der Waals surface area contributed by atoms with Crippen molar-refractivity contribution in [2.24, 2.45) is 0 Å². The molecular formula is C18H21N3O. The van der Waals surface area contributed by atoms with Gasteiger partial charge in [0.15, 0.2) is 0 Å². The first-order valence-electron chi connectivity index (χ1n) is 7.75. The van der Waals surface area contributed by atoms with Crippen molar-refractivity contribution in [2.45, 2.75) is 32.4 Å². The third-order valence-electron chi connectivity index (χ3n) is 4.02. The van der Waals surface area contributed by atoms with Crippen molar-refractivity contribution in [2.75, 3.05) is 6.54 Å². The molecule has 0 radical (unpaired) electrons. The minimum absolute atomic E-state index is 0.0293. The fourth-order valence-electron chi connectivity index (χ4n) is 2.69. The highest BCUT2D eigenvalue weighted by Crippen LogP contribution is 2.18. The van der Waals surface area contributed by atoms with E-state index < -0.39 is 0 Å². The lowest BCUT2D eigenvalue weighted by Crippen LogP contribution is -2.40. The number of nitrogens with one attached hydrogen (secondary N) is 2. The summed E-state index contributed by atoms with van der Waals surface area (Å²) in [5, 5.41) is 6.21. The SMILES string of the molecule is Cc1ccc(-c2cc(CNC(=O)C3CCCN3)ccn2)cc1. The quantitative estimate of drug-likeness (QED) is 0.911. The molecule has 1 amide bonds. The summed E-state index contributed by atoms with van der Waals surface area (Å²) < 4.78 is 0. The highest BCUT2D eigenvalue weighted by atomic mass is 16.2. The molecule has 1 aliphatic rings. The van der Waals surface area contributed by atoms with Crippen molar-refractivity contribution >= 4 is 5.91 Å². The van der Waals surface area contributed by atoms with E-state index in [1.807, 2.05) is 12.1 Å². The van der Waals surface area contributed by atoms with E-state index in [1.54, 1.807) is 6.20 Å². The maximum Gasteiger partial charge on any atom is 0.237 e. The van der Waals surface area contributed by atoms with Crippen molar-refractivity contribution in [3.63, 3.8) is 0 Å². The van der Waals surface area contributed by atoms with Crippen LogP contribution in [0, 0.1) is 6.92 Å². The fraction of sp³-hybridized carbons (Fsp3) is 0.333. The predicted molar refractivity (Wildman–Crippen MR) is 87.3 cm³/mol. The van der Waals surface area contributed by atoms with E-state index >= 15 is 0 Å². The molecule has 1 aromatic heterocycles. The molecule has 4 nitrogen and oxygen atoms in total. The molecule has 2 heterocycles. The molecule has 1 unspecified atom stereocenters. The molecule has 4 heteroatoms. The maximum atomic E-state index is 12.0. The Morgan fingerprint density at radius 3 is 2.86 bits per heavy atom. The van der Waals surface area contributed by atoms with Crippen LogP contribution in [0.15, 0.2) is 42.6 Å². The Kier molecular flexibility index (Phi) is 4.49. The summed E-state index contributed by atoms with van der Waals surface area (Å²) in [7, 11) is 0. The summed E-state index contributed by atoms with van der Waals surface area (Å²) in [5.74, 6) is 0.0891. The first kappa shape index (κ1) is 14.7. The van der Waals surface area contributed by atoms with Gasteiger partial charge in [0.1, 0.15) is 0 Å². The third kappa shape index (κ3) is 3.52. The van der Waals surface area contributed by atoms with Crippen LogP contribution in [0.5, 0.6) is 0 Å². The van der Waals surface area contributed by atoms with Crippen LogP contribution >= 0.6 is 0 Å². The zero-order valence-corrected chi connectivity index (χ0v) is 12.8. The van der Waals surface area contributed by atoms with E-state index in [-0.39, 0.29) is 11.9 Å². The Hall–Kier alpha value is -2.20. The minimum atomic E-state index is -0.0293. The van der Waals surface area contributed by atoms with Gasteiger partial charge in [-0.1, -0.05) is 29.8 Å². The van der Waals surface area contributed by atoms with Crippen LogP contribution in [-0.2, 0) is 11.3 Å². The number of hydrogen-bond acceptors (Lipinski definition) is 3. The Balaban J connectivity index is 1.66. The van der Waals surface area contributed by atoms with Gasteiger partial charge in [0.2, 0.25) is 5.91 Å². The Bertz CT molecular complexity index is 646. The molecule has 2 aromatic rings. The average Bonchev–Trinajstić information content (AvgIpc) is 3.08.